The molecule has 0 aliphatic carbocycles. The molecule has 0 fully saturated rings. The standard InChI is InChI=1S/C9H11F2NO2/c10-5-1-2-7(14)8(9(5)11)6(12)3-4-13/h1-2,6,13-14H,3-4,12H2. The number of aliphatic hydroxyl groups excluding tert-OH is 1. The molecule has 78 valence electrons. The van der Waals surface area contributed by atoms with Crippen molar-refractivity contribution in [2.75, 3.05) is 6.61 Å². The summed E-state index contributed by atoms with van der Waals surface area (Å²) in [7, 11) is 0. The molecule has 5 heteroatoms. The number of aliphatic hydroxyl groups is 1. The Kier molecular flexibility index (Phi) is 3.38. The number of aromatic hydroxyl groups is 1. The van der Waals surface area contributed by atoms with Gasteiger partial charge in [-0.1, -0.05) is 0 Å². The first kappa shape index (κ1) is 10.9. The highest BCUT2D eigenvalue weighted by Gasteiger charge is 2.18. The number of nitrogens with two attached hydrogens (primary N) is 1. The Labute approximate surface area is 79.8 Å². The van der Waals surface area contributed by atoms with E-state index in [2.05, 4.69) is 0 Å². The van der Waals surface area contributed by atoms with Gasteiger partial charge in [0, 0.05) is 18.2 Å². The Morgan fingerprint density at radius 3 is 2.57 bits per heavy atom. The highest BCUT2D eigenvalue weighted by atomic mass is 19.2. The second kappa shape index (κ2) is 4.34. The van der Waals surface area contributed by atoms with Crippen LogP contribution in [0, 0.1) is 11.6 Å². The summed E-state index contributed by atoms with van der Waals surface area (Å²) in [6, 6.07) is 0.945. The van der Waals surface area contributed by atoms with Gasteiger partial charge in [0.25, 0.3) is 0 Å². The highest BCUT2D eigenvalue weighted by molar-refractivity contribution is 5.36. The van der Waals surface area contributed by atoms with Crippen molar-refractivity contribution >= 4 is 0 Å². The first-order valence-corrected chi connectivity index (χ1v) is 4.11. The van der Waals surface area contributed by atoms with Crippen LogP contribution in [0.3, 0.4) is 0 Å². The lowest BCUT2D eigenvalue weighted by molar-refractivity contribution is 0.273. The van der Waals surface area contributed by atoms with E-state index in [1.165, 1.54) is 0 Å². The molecule has 0 heterocycles. The van der Waals surface area contributed by atoms with Gasteiger partial charge in [0.15, 0.2) is 11.6 Å². The Morgan fingerprint density at radius 2 is 2.00 bits per heavy atom. The molecule has 0 aromatic heterocycles. The highest BCUT2D eigenvalue weighted by Crippen LogP contribution is 2.28. The van der Waals surface area contributed by atoms with Gasteiger partial charge in [-0.2, -0.15) is 0 Å². The molecule has 14 heavy (non-hydrogen) atoms. The van der Waals surface area contributed by atoms with Crippen LogP contribution in [0.2, 0.25) is 0 Å². The van der Waals surface area contributed by atoms with E-state index in [1.54, 1.807) is 0 Å². The zero-order chi connectivity index (χ0) is 10.7. The summed E-state index contributed by atoms with van der Waals surface area (Å²) in [4.78, 5) is 0. The zero-order valence-electron chi connectivity index (χ0n) is 7.37. The molecule has 0 aliphatic rings. The Balaban J connectivity index is 3.11. The van der Waals surface area contributed by atoms with E-state index < -0.39 is 23.4 Å². The van der Waals surface area contributed by atoms with Crippen LogP contribution >= 0.6 is 0 Å². The van der Waals surface area contributed by atoms with Crippen LogP contribution in [0.1, 0.15) is 18.0 Å². The molecule has 3 nitrogen and oxygen atoms in total. The van der Waals surface area contributed by atoms with Gasteiger partial charge in [-0.05, 0) is 18.6 Å². The molecule has 1 rings (SSSR count). The minimum Gasteiger partial charge on any atom is -0.507 e. The van der Waals surface area contributed by atoms with Crippen LogP contribution in [0.15, 0.2) is 12.1 Å². The van der Waals surface area contributed by atoms with Crippen molar-refractivity contribution < 1.29 is 19.0 Å². The van der Waals surface area contributed by atoms with E-state index in [-0.39, 0.29) is 18.6 Å². The SMILES string of the molecule is NC(CCO)c1c(O)ccc(F)c1F. The quantitative estimate of drug-likeness (QED) is 0.688. The molecule has 1 atom stereocenters. The second-order valence-electron chi connectivity index (χ2n) is 2.91. The molecule has 1 aromatic carbocycles. The Morgan fingerprint density at radius 1 is 1.36 bits per heavy atom. The Bertz CT molecular complexity index is 331. The van der Waals surface area contributed by atoms with E-state index in [1.807, 2.05) is 0 Å². The smallest absolute Gasteiger partial charge is 0.167 e. The van der Waals surface area contributed by atoms with Crippen molar-refractivity contribution in [3.8, 4) is 5.75 Å². The van der Waals surface area contributed by atoms with Gasteiger partial charge in [0.2, 0.25) is 0 Å². The molecule has 0 spiro atoms. The maximum Gasteiger partial charge on any atom is 0.167 e. The fourth-order valence-corrected chi connectivity index (χ4v) is 1.19. The fourth-order valence-electron chi connectivity index (χ4n) is 1.19. The van der Waals surface area contributed by atoms with Crippen molar-refractivity contribution in [1.29, 1.82) is 0 Å². The van der Waals surface area contributed by atoms with Gasteiger partial charge in [-0.25, -0.2) is 8.78 Å². The van der Waals surface area contributed by atoms with Crippen LogP contribution in [-0.4, -0.2) is 16.8 Å². The van der Waals surface area contributed by atoms with Crippen LogP contribution in [0.4, 0.5) is 8.78 Å². The largest absolute Gasteiger partial charge is 0.507 e. The number of hydrogen-bond acceptors (Lipinski definition) is 3. The minimum atomic E-state index is -1.16. The van der Waals surface area contributed by atoms with Gasteiger partial charge in [-0.3, -0.25) is 0 Å². The molecular weight excluding hydrogens is 192 g/mol. The third kappa shape index (κ3) is 2.00. The van der Waals surface area contributed by atoms with E-state index in [0.717, 1.165) is 12.1 Å². The van der Waals surface area contributed by atoms with E-state index in [0.29, 0.717) is 0 Å². The number of halogens is 2. The summed E-state index contributed by atoms with van der Waals surface area (Å²) in [6.45, 7) is -0.253. The first-order valence-electron chi connectivity index (χ1n) is 4.11. The summed E-state index contributed by atoms with van der Waals surface area (Å²) in [5.41, 5.74) is 5.16. The summed E-state index contributed by atoms with van der Waals surface area (Å²) in [5.74, 6) is -2.62. The normalized spacial score (nSPS) is 12.9. The molecule has 0 amide bonds. The van der Waals surface area contributed by atoms with Crippen molar-refractivity contribution in [2.45, 2.75) is 12.5 Å². The maximum atomic E-state index is 13.1. The molecule has 0 bridgehead atoms. The van der Waals surface area contributed by atoms with Crippen LogP contribution in [-0.2, 0) is 0 Å². The van der Waals surface area contributed by atoms with Gasteiger partial charge >= 0.3 is 0 Å². The average molecular weight is 203 g/mol. The Hall–Kier alpha value is -1.20. The van der Waals surface area contributed by atoms with Gasteiger partial charge in [0.05, 0.1) is 0 Å². The average Bonchev–Trinajstić information content (AvgIpc) is 2.13. The van der Waals surface area contributed by atoms with Crippen LogP contribution in [0.25, 0.3) is 0 Å². The van der Waals surface area contributed by atoms with Gasteiger partial charge < -0.3 is 15.9 Å². The predicted molar refractivity (Wildman–Crippen MR) is 46.7 cm³/mol. The molecule has 0 radical (unpaired) electrons. The molecule has 0 aliphatic heterocycles. The molecule has 0 saturated heterocycles. The summed E-state index contributed by atoms with van der Waals surface area (Å²) in [6.07, 6.45) is 0.0634. The van der Waals surface area contributed by atoms with Crippen molar-refractivity contribution in [3.63, 3.8) is 0 Å². The van der Waals surface area contributed by atoms with Crippen molar-refractivity contribution in [3.05, 3.63) is 29.3 Å². The van der Waals surface area contributed by atoms with Crippen molar-refractivity contribution in [2.24, 2.45) is 5.73 Å². The summed E-state index contributed by atoms with van der Waals surface area (Å²) < 4.78 is 25.9. The van der Waals surface area contributed by atoms with Crippen LogP contribution in [0.5, 0.6) is 5.75 Å². The topological polar surface area (TPSA) is 66.5 Å². The summed E-state index contributed by atoms with van der Waals surface area (Å²) >= 11 is 0. The maximum absolute atomic E-state index is 13.1. The number of hydrogen-bond donors (Lipinski definition) is 3. The van der Waals surface area contributed by atoms with Gasteiger partial charge in [-0.15, -0.1) is 0 Å². The second-order valence-corrected chi connectivity index (χ2v) is 2.91. The van der Waals surface area contributed by atoms with E-state index in [9.17, 15) is 13.9 Å². The number of phenols is 1. The molecule has 1 unspecified atom stereocenters. The summed E-state index contributed by atoms with van der Waals surface area (Å²) in [5, 5.41) is 17.8. The zero-order valence-corrected chi connectivity index (χ0v) is 7.37. The predicted octanol–water partition coefficient (Wildman–Crippen LogP) is 1.05. The number of rotatable bonds is 3. The third-order valence-corrected chi connectivity index (χ3v) is 1.92. The lowest BCUT2D eigenvalue weighted by atomic mass is 10.0. The first-order chi connectivity index (χ1) is 6.57. The number of phenolic OH excluding ortho intramolecular Hbond substituents is 1. The lowest BCUT2D eigenvalue weighted by Crippen LogP contribution is -2.14. The molecule has 1 aromatic rings. The van der Waals surface area contributed by atoms with Crippen molar-refractivity contribution in [1.82, 2.24) is 0 Å². The van der Waals surface area contributed by atoms with Crippen LogP contribution < -0.4 is 5.73 Å². The third-order valence-electron chi connectivity index (χ3n) is 1.92. The van der Waals surface area contributed by atoms with Gasteiger partial charge in [0.1, 0.15) is 5.75 Å². The molecular formula is C9H11F2NO2. The van der Waals surface area contributed by atoms with E-state index >= 15 is 0 Å². The van der Waals surface area contributed by atoms with E-state index in [4.69, 9.17) is 10.8 Å². The number of benzene rings is 1. The monoisotopic (exact) mass is 203 g/mol. The lowest BCUT2D eigenvalue weighted by Gasteiger charge is -2.13. The minimum absolute atomic E-state index is 0.0634. The molecule has 0 saturated carbocycles. The molecule has 4 N–H and O–H groups in total. The fraction of sp³-hybridized carbons (Fsp3) is 0.333.